The molecule has 176 valence electrons. The molecule has 7 nitrogen and oxygen atoms in total. The standard InChI is InChI=1S/C22H21N3O4S.CH3.ClH.Ru/c1-16-14-17(12-13-20(16)25(26)27)15-30(28,29)24-22(19-10-6-3-7-11-19)21(23)18-8-4-2-5-9-18;;;/h2-14,21-23H,15H2,1H3;1H3;1H;/q-2;-1;;+4/p-1. The van der Waals surface area contributed by atoms with Crippen LogP contribution in [-0.2, 0) is 33.1 Å². The Labute approximate surface area is 209 Å². The molecule has 3 rings (SSSR count). The Bertz CT molecular complexity index is 1130. The number of aryl methyl sites for hydroxylation is 1. The number of hydrogen-bond acceptors (Lipinski definition) is 4. The van der Waals surface area contributed by atoms with Crippen molar-refractivity contribution in [1.29, 1.82) is 0 Å². The number of nitro benzene ring substituents is 1. The second kappa shape index (κ2) is 13.5. The van der Waals surface area contributed by atoms with Crippen LogP contribution in [0.1, 0.15) is 34.3 Å². The summed E-state index contributed by atoms with van der Waals surface area (Å²) in [5.74, 6) is -0.392. The zero-order valence-corrected chi connectivity index (χ0v) is 21.3. The summed E-state index contributed by atoms with van der Waals surface area (Å²) in [6.45, 7) is 1.56. The Morgan fingerprint density at radius 1 is 1.00 bits per heavy atom. The van der Waals surface area contributed by atoms with Gasteiger partial charge in [-0.2, -0.15) is 0 Å². The first kappa shape index (κ1) is 28.9. The fourth-order valence-corrected chi connectivity index (χ4v) is 4.50. The van der Waals surface area contributed by atoms with Gasteiger partial charge in [-0.15, -0.1) is 12.1 Å². The summed E-state index contributed by atoms with van der Waals surface area (Å²) in [6.07, 6.45) is 0. The van der Waals surface area contributed by atoms with E-state index < -0.39 is 32.8 Å². The zero-order chi connectivity index (χ0) is 23.7. The molecule has 0 radical (unpaired) electrons. The fourth-order valence-electron chi connectivity index (χ4n) is 3.24. The van der Waals surface area contributed by atoms with Crippen LogP contribution in [0.5, 0.6) is 0 Å². The molecule has 0 aliphatic heterocycles. The van der Waals surface area contributed by atoms with Crippen LogP contribution in [0.4, 0.5) is 5.69 Å². The number of sulfonamides is 1. The van der Waals surface area contributed by atoms with Crippen LogP contribution in [-0.4, -0.2) is 13.3 Å². The second-order valence-electron chi connectivity index (χ2n) is 6.95. The molecule has 2 unspecified atom stereocenters. The van der Waals surface area contributed by atoms with Crippen molar-refractivity contribution in [3.8, 4) is 0 Å². The van der Waals surface area contributed by atoms with Gasteiger partial charge in [0.1, 0.15) is 0 Å². The van der Waals surface area contributed by atoms with Crippen molar-refractivity contribution >= 4 is 25.4 Å². The van der Waals surface area contributed by atoms with Gasteiger partial charge in [0.05, 0.1) is 20.7 Å². The predicted molar refractivity (Wildman–Crippen MR) is 129 cm³/mol. The van der Waals surface area contributed by atoms with Gasteiger partial charge in [0, 0.05) is 11.6 Å². The summed E-state index contributed by atoms with van der Waals surface area (Å²) in [5.41, 5.74) is 10.7. The molecule has 33 heavy (non-hydrogen) atoms. The Morgan fingerprint density at radius 2 is 1.52 bits per heavy atom. The summed E-state index contributed by atoms with van der Waals surface area (Å²) < 4.78 is 29.8. The number of nitro groups is 1. The first-order valence-corrected chi connectivity index (χ1v) is 13.2. The van der Waals surface area contributed by atoms with Crippen LogP contribution in [0.25, 0.3) is 10.5 Å². The normalized spacial score (nSPS) is 12.5. The topological polar surface area (TPSA) is 115 Å². The Kier molecular flexibility index (Phi) is 11.8. The molecule has 0 amide bonds. The Hall–Kier alpha value is -2.16. The van der Waals surface area contributed by atoms with Gasteiger partial charge in [-0.3, -0.25) is 10.1 Å². The average molecular weight is 575 g/mol. The van der Waals surface area contributed by atoms with Crippen molar-refractivity contribution in [1.82, 2.24) is 0 Å². The molecule has 0 saturated carbocycles. The molecule has 1 N–H and O–H groups in total. The van der Waals surface area contributed by atoms with Crippen molar-refractivity contribution in [2.45, 2.75) is 24.8 Å². The van der Waals surface area contributed by atoms with E-state index in [1.807, 2.05) is 29.4 Å². The van der Waals surface area contributed by atoms with Crippen LogP contribution in [0.15, 0.2) is 78.9 Å². The maximum atomic E-state index is 12.9. The second-order valence-corrected chi connectivity index (χ2v) is 8.62. The van der Waals surface area contributed by atoms with Crippen LogP contribution >= 0.6 is 9.69 Å². The van der Waals surface area contributed by atoms with E-state index in [0.717, 1.165) is 0 Å². The molecule has 2 atom stereocenters. The van der Waals surface area contributed by atoms with Gasteiger partial charge in [0.2, 0.25) is 0 Å². The Morgan fingerprint density at radius 3 is 2.00 bits per heavy atom. The fraction of sp³-hybridized carbons (Fsp3) is 0.174. The van der Waals surface area contributed by atoms with E-state index >= 15 is 0 Å². The molecule has 3 aromatic rings. The third-order valence-electron chi connectivity index (χ3n) is 4.70. The molecular formula is C23H24ClN3O4RuS. The van der Waals surface area contributed by atoms with E-state index in [2.05, 4.69) is 14.4 Å². The van der Waals surface area contributed by atoms with Crippen molar-refractivity contribution in [2.24, 2.45) is 0 Å². The van der Waals surface area contributed by atoms with E-state index in [1.165, 1.54) is 18.2 Å². The Balaban J connectivity index is 0.00000177. The molecule has 3 aromatic carbocycles. The van der Waals surface area contributed by atoms with E-state index in [-0.39, 0.29) is 13.1 Å². The number of benzene rings is 3. The first-order chi connectivity index (χ1) is 15.3. The van der Waals surface area contributed by atoms with E-state index in [0.29, 0.717) is 22.3 Å². The van der Waals surface area contributed by atoms with Crippen molar-refractivity contribution in [3.05, 3.63) is 129 Å². The summed E-state index contributed by atoms with van der Waals surface area (Å²) in [7, 11) is 0.619. The summed E-state index contributed by atoms with van der Waals surface area (Å²) in [6, 6.07) is 20.3. The van der Waals surface area contributed by atoms with Crippen molar-refractivity contribution in [2.75, 3.05) is 0 Å². The van der Waals surface area contributed by atoms with Gasteiger partial charge in [-0.25, -0.2) is 8.42 Å². The van der Waals surface area contributed by atoms with E-state index in [1.54, 1.807) is 55.5 Å². The minimum absolute atomic E-state index is 0. The summed E-state index contributed by atoms with van der Waals surface area (Å²) in [5, 5.41) is 11.0. The number of hydrogen-bond donors (Lipinski definition) is 0. The third-order valence-corrected chi connectivity index (χ3v) is 5.94. The maximum absolute atomic E-state index is 12.9. The van der Waals surface area contributed by atoms with Crippen LogP contribution in [0.2, 0.25) is 0 Å². The van der Waals surface area contributed by atoms with Crippen LogP contribution < -0.4 is 0 Å². The van der Waals surface area contributed by atoms with Crippen LogP contribution in [0.3, 0.4) is 0 Å². The molecule has 10 heteroatoms. The van der Waals surface area contributed by atoms with E-state index in [4.69, 9.17) is 5.73 Å². The van der Waals surface area contributed by atoms with Gasteiger partial charge >= 0.3 is 27.0 Å². The molecule has 0 aliphatic carbocycles. The van der Waals surface area contributed by atoms with Gasteiger partial charge in [0.25, 0.3) is 5.69 Å². The molecule has 0 aliphatic rings. The van der Waals surface area contributed by atoms with Gasteiger partial charge < -0.3 is 17.9 Å². The molecule has 0 heterocycles. The summed E-state index contributed by atoms with van der Waals surface area (Å²) in [4.78, 5) is 10.5. The quantitative estimate of drug-likeness (QED) is 0.128. The number of nitrogens with one attached hydrogen (secondary N) is 1. The molecule has 0 aromatic heterocycles. The number of rotatable bonds is 8. The number of halogens is 1. The minimum atomic E-state index is -3.95. The summed E-state index contributed by atoms with van der Waals surface area (Å²) >= 11 is 1.82. The molecule has 0 saturated heterocycles. The molecule has 0 fully saturated rings. The molecule has 0 spiro atoms. The molecule has 0 bridgehead atoms. The molecular weight excluding hydrogens is 551 g/mol. The van der Waals surface area contributed by atoms with Gasteiger partial charge in [-0.05, 0) is 18.6 Å². The predicted octanol–water partition coefficient (Wildman–Crippen LogP) is 6.78. The monoisotopic (exact) mass is 575 g/mol. The SMILES string of the molecule is Cc1cc(CS(=O)(=O)[N-]C(c2ccccc2)C([NH-])c2ccccc2)ccc1[N+](=O)[O-].[CH3-].[Cl][Ru+3]. The van der Waals surface area contributed by atoms with Gasteiger partial charge in [0.15, 0.2) is 0 Å². The van der Waals surface area contributed by atoms with Crippen LogP contribution in [0, 0.1) is 24.5 Å². The third kappa shape index (κ3) is 8.29. The first-order valence-electron chi connectivity index (χ1n) is 9.40. The van der Waals surface area contributed by atoms with Crippen molar-refractivity contribution < 1.29 is 30.7 Å². The van der Waals surface area contributed by atoms with Gasteiger partial charge in [-0.1, -0.05) is 77.9 Å². The zero-order valence-electron chi connectivity index (χ0n) is 18.0. The average Bonchev–Trinajstić information content (AvgIpc) is 2.79. The van der Waals surface area contributed by atoms with Crippen molar-refractivity contribution in [3.63, 3.8) is 0 Å². The number of nitrogens with zero attached hydrogens (tertiary/aromatic N) is 2. The van der Waals surface area contributed by atoms with E-state index in [9.17, 15) is 18.5 Å².